The van der Waals surface area contributed by atoms with Crippen LogP contribution in [-0.4, -0.2) is 8.42 Å². The van der Waals surface area contributed by atoms with Crippen LogP contribution in [0.4, 0.5) is 5.69 Å². The van der Waals surface area contributed by atoms with Gasteiger partial charge < -0.3 is 5.73 Å². The van der Waals surface area contributed by atoms with E-state index in [1.54, 1.807) is 0 Å². The van der Waals surface area contributed by atoms with E-state index in [-0.39, 0.29) is 20.6 Å². The highest BCUT2D eigenvalue weighted by Gasteiger charge is 2.13. The summed E-state index contributed by atoms with van der Waals surface area (Å²) >= 11 is 11.3. The number of hydrogen-bond donors (Lipinski definition) is 1. The van der Waals surface area contributed by atoms with Crippen molar-refractivity contribution in [2.45, 2.75) is 4.90 Å². The van der Waals surface area contributed by atoms with E-state index in [1.807, 2.05) is 0 Å². The molecule has 0 aliphatic carbocycles. The molecule has 0 fully saturated rings. The van der Waals surface area contributed by atoms with Crippen molar-refractivity contribution in [1.29, 1.82) is 0 Å². The molecule has 0 saturated heterocycles. The molecular weight excluding hydrogens is 245 g/mol. The van der Waals surface area contributed by atoms with Gasteiger partial charge in [0.25, 0.3) is 0 Å². The SMILES string of the molecule is C=CS(=O)(=O)c1cc(Cl)c(N)c(Cl)c1. The number of hydrogen-bond acceptors (Lipinski definition) is 3. The van der Waals surface area contributed by atoms with Gasteiger partial charge in [0.05, 0.1) is 20.6 Å². The van der Waals surface area contributed by atoms with Crippen LogP contribution in [0.5, 0.6) is 0 Å². The Morgan fingerprint density at radius 1 is 1.29 bits per heavy atom. The molecule has 0 aliphatic rings. The predicted molar refractivity (Wildman–Crippen MR) is 58.3 cm³/mol. The fraction of sp³-hybridized carbons (Fsp3) is 0. The zero-order chi connectivity index (χ0) is 10.9. The topological polar surface area (TPSA) is 60.2 Å². The number of halogens is 2. The fourth-order valence-corrected chi connectivity index (χ4v) is 2.19. The number of rotatable bonds is 2. The van der Waals surface area contributed by atoms with Gasteiger partial charge in [-0.1, -0.05) is 29.8 Å². The highest BCUT2D eigenvalue weighted by Crippen LogP contribution is 2.31. The third kappa shape index (κ3) is 2.03. The molecule has 0 aromatic heterocycles. The van der Waals surface area contributed by atoms with E-state index in [9.17, 15) is 8.42 Å². The minimum absolute atomic E-state index is 0.0169. The lowest BCUT2D eigenvalue weighted by atomic mass is 10.3. The molecule has 0 aliphatic heterocycles. The molecule has 0 amide bonds. The second-order valence-electron chi connectivity index (χ2n) is 2.51. The van der Waals surface area contributed by atoms with Crippen LogP contribution < -0.4 is 5.73 Å². The predicted octanol–water partition coefficient (Wildman–Crippen LogP) is 2.49. The maximum absolute atomic E-state index is 11.3. The molecule has 1 rings (SSSR count). The molecule has 76 valence electrons. The first kappa shape index (κ1) is 11.4. The van der Waals surface area contributed by atoms with Gasteiger partial charge in [-0.15, -0.1) is 0 Å². The van der Waals surface area contributed by atoms with Crippen LogP contribution in [0.3, 0.4) is 0 Å². The summed E-state index contributed by atoms with van der Waals surface area (Å²) < 4.78 is 22.7. The van der Waals surface area contributed by atoms with Crippen LogP contribution in [-0.2, 0) is 9.84 Å². The van der Waals surface area contributed by atoms with Crippen molar-refractivity contribution < 1.29 is 8.42 Å². The van der Waals surface area contributed by atoms with Gasteiger partial charge >= 0.3 is 0 Å². The summed E-state index contributed by atoms with van der Waals surface area (Å²) in [6.07, 6.45) is 0. The Morgan fingerprint density at radius 2 is 1.71 bits per heavy atom. The third-order valence-corrected chi connectivity index (χ3v) is 3.56. The van der Waals surface area contributed by atoms with E-state index in [0.717, 1.165) is 5.41 Å². The maximum Gasteiger partial charge on any atom is 0.199 e. The Morgan fingerprint density at radius 3 is 2.07 bits per heavy atom. The number of nitrogen functional groups attached to an aromatic ring is 1. The number of nitrogens with two attached hydrogens (primary N) is 1. The fourth-order valence-electron chi connectivity index (χ4n) is 0.822. The first-order valence-electron chi connectivity index (χ1n) is 3.50. The molecule has 0 radical (unpaired) electrons. The van der Waals surface area contributed by atoms with E-state index in [2.05, 4.69) is 6.58 Å². The second-order valence-corrected chi connectivity index (χ2v) is 5.22. The van der Waals surface area contributed by atoms with Crippen molar-refractivity contribution in [2.75, 3.05) is 5.73 Å². The van der Waals surface area contributed by atoms with E-state index in [4.69, 9.17) is 28.9 Å². The Balaban J connectivity index is 3.48. The highest BCUT2D eigenvalue weighted by molar-refractivity contribution is 7.94. The van der Waals surface area contributed by atoms with Crippen LogP contribution in [0.1, 0.15) is 0 Å². The molecule has 0 heterocycles. The van der Waals surface area contributed by atoms with Gasteiger partial charge in [0.15, 0.2) is 9.84 Å². The van der Waals surface area contributed by atoms with Crippen molar-refractivity contribution in [1.82, 2.24) is 0 Å². The van der Waals surface area contributed by atoms with Gasteiger partial charge in [-0.25, -0.2) is 8.42 Å². The van der Waals surface area contributed by atoms with Gasteiger partial charge in [-0.3, -0.25) is 0 Å². The quantitative estimate of drug-likeness (QED) is 0.822. The molecule has 1 aromatic carbocycles. The molecular formula is C8H7Cl2NO2S. The summed E-state index contributed by atoms with van der Waals surface area (Å²) in [7, 11) is -3.52. The lowest BCUT2D eigenvalue weighted by Gasteiger charge is -2.04. The van der Waals surface area contributed by atoms with Gasteiger partial charge in [0, 0.05) is 5.41 Å². The van der Waals surface area contributed by atoms with Gasteiger partial charge in [0.2, 0.25) is 0 Å². The van der Waals surface area contributed by atoms with Crippen molar-refractivity contribution in [2.24, 2.45) is 0 Å². The minimum atomic E-state index is -3.52. The summed E-state index contributed by atoms with van der Waals surface area (Å²) in [5.74, 6) is 0. The van der Waals surface area contributed by atoms with Crippen LogP contribution in [0, 0.1) is 0 Å². The zero-order valence-electron chi connectivity index (χ0n) is 7.00. The largest absolute Gasteiger partial charge is 0.396 e. The third-order valence-electron chi connectivity index (χ3n) is 1.60. The van der Waals surface area contributed by atoms with Crippen LogP contribution in [0.2, 0.25) is 10.0 Å². The first-order valence-corrected chi connectivity index (χ1v) is 5.80. The first-order chi connectivity index (χ1) is 6.38. The lowest BCUT2D eigenvalue weighted by molar-refractivity contribution is 0.605. The average molecular weight is 252 g/mol. The van der Waals surface area contributed by atoms with Gasteiger partial charge in [-0.2, -0.15) is 0 Å². The molecule has 0 spiro atoms. The Kier molecular flexibility index (Phi) is 3.09. The summed E-state index contributed by atoms with van der Waals surface area (Å²) in [6, 6.07) is 2.47. The number of anilines is 1. The zero-order valence-corrected chi connectivity index (χ0v) is 9.33. The van der Waals surface area contributed by atoms with E-state index in [0.29, 0.717) is 0 Å². The molecule has 0 atom stereocenters. The van der Waals surface area contributed by atoms with E-state index in [1.165, 1.54) is 12.1 Å². The second kappa shape index (κ2) is 3.81. The Hall–Kier alpha value is -0.710. The molecule has 3 nitrogen and oxygen atoms in total. The smallest absolute Gasteiger partial charge is 0.199 e. The summed E-state index contributed by atoms with van der Waals surface area (Å²) in [6.45, 7) is 3.19. The Bertz CT molecular complexity index is 459. The van der Waals surface area contributed by atoms with Crippen molar-refractivity contribution in [3.8, 4) is 0 Å². The molecule has 0 bridgehead atoms. The standard InChI is InChI=1S/C8H7Cl2NO2S/c1-2-14(12,13)5-3-6(9)8(11)7(10)4-5/h2-4H,1,11H2. The van der Waals surface area contributed by atoms with Crippen molar-refractivity contribution in [3.63, 3.8) is 0 Å². The van der Waals surface area contributed by atoms with E-state index >= 15 is 0 Å². The highest BCUT2D eigenvalue weighted by atomic mass is 35.5. The summed E-state index contributed by atoms with van der Waals surface area (Å²) in [5, 5.41) is 1.04. The molecule has 2 N–H and O–H groups in total. The lowest BCUT2D eigenvalue weighted by Crippen LogP contribution is -1.97. The molecule has 1 aromatic rings. The normalized spacial score (nSPS) is 11.3. The molecule has 0 saturated carbocycles. The van der Waals surface area contributed by atoms with Crippen LogP contribution >= 0.6 is 23.2 Å². The van der Waals surface area contributed by atoms with E-state index < -0.39 is 9.84 Å². The molecule has 6 heteroatoms. The molecule has 14 heavy (non-hydrogen) atoms. The Labute approximate surface area is 92.0 Å². The monoisotopic (exact) mass is 251 g/mol. The average Bonchev–Trinajstić information content (AvgIpc) is 2.13. The number of benzene rings is 1. The van der Waals surface area contributed by atoms with Crippen molar-refractivity contribution in [3.05, 3.63) is 34.2 Å². The van der Waals surface area contributed by atoms with Crippen molar-refractivity contribution >= 4 is 38.7 Å². The molecule has 0 unspecified atom stereocenters. The van der Waals surface area contributed by atoms with Gasteiger partial charge in [0.1, 0.15) is 0 Å². The number of sulfone groups is 1. The van der Waals surface area contributed by atoms with Crippen LogP contribution in [0.15, 0.2) is 29.0 Å². The summed E-state index contributed by atoms with van der Waals surface area (Å²) in [4.78, 5) is -0.0169. The van der Waals surface area contributed by atoms with Gasteiger partial charge in [-0.05, 0) is 12.1 Å². The minimum Gasteiger partial charge on any atom is -0.396 e. The summed E-state index contributed by atoms with van der Waals surface area (Å²) in [5.41, 5.74) is 5.61. The maximum atomic E-state index is 11.3. The van der Waals surface area contributed by atoms with Crippen LogP contribution in [0.25, 0.3) is 0 Å².